The number of carbonyl (C=O) groups excluding carboxylic acids is 1. The monoisotopic (exact) mass is 249 g/mol. The summed E-state index contributed by atoms with van der Waals surface area (Å²) in [4.78, 5) is 19.0. The zero-order valence-corrected chi connectivity index (χ0v) is 10.2. The molecule has 0 saturated carbocycles. The van der Waals surface area contributed by atoms with Crippen LogP contribution in [0.5, 0.6) is 0 Å². The Bertz CT molecular complexity index is 518. The highest BCUT2D eigenvalue weighted by Crippen LogP contribution is 2.18. The minimum absolute atomic E-state index is 0.0883. The molecule has 96 valence electrons. The lowest BCUT2D eigenvalue weighted by Gasteiger charge is -2.04. The van der Waals surface area contributed by atoms with Gasteiger partial charge in [0.05, 0.1) is 18.4 Å². The minimum Gasteiger partial charge on any atom is -0.465 e. The van der Waals surface area contributed by atoms with Gasteiger partial charge in [-0.05, 0) is 24.6 Å². The predicted octanol–water partition coefficient (Wildman–Crippen LogP) is 0.00122. The number of methoxy groups -OCH3 is 1. The number of rotatable bonds is 2. The largest absolute Gasteiger partial charge is 0.465 e. The molecule has 7 heteroatoms. The molecule has 0 bridgehead atoms. The maximum Gasteiger partial charge on any atom is 0.338 e. The van der Waals surface area contributed by atoms with Crippen LogP contribution in [0.3, 0.4) is 0 Å². The average Bonchev–Trinajstić information content (AvgIpc) is 2.29. The third kappa shape index (κ3) is 3.48. The second-order valence-electron chi connectivity index (χ2n) is 3.50. The Morgan fingerprint density at radius 3 is 2.50 bits per heavy atom. The van der Waals surface area contributed by atoms with Crippen LogP contribution in [0.2, 0.25) is 0 Å². The maximum atomic E-state index is 11.5. The number of esters is 1. The van der Waals surface area contributed by atoms with E-state index in [1.165, 1.54) is 7.11 Å². The summed E-state index contributed by atoms with van der Waals surface area (Å²) >= 11 is 0. The third-order valence-electron chi connectivity index (χ3n) is 2.11. The Morgan fingerprint density at radius 1 is 1.28 bits per heavy atom. The molecule has 1 aromatic rings. The van der Waals surface area contributed by atoms with Crippen molar-refractivity contribution in [3.63, 3.8) is 0 Å². The summed E-state index contributed by atoms with van der Waals surface area (Å²) in [5.41, 5.74) is 17.5. The molecule has 7 nitrogen and oxygen atoms in total. The van der Waals surface area contributed by atoms with E-state index in [4.69, 9.17) is 17.2 Å². The number of aryl methyl sites for hydroxylation is 1. The Hall–Kier alpha value is -2.57. The molecule has 0 heterocycles. The van der Waals surface area contributed by atoms with Crippen LogP contribution in [-0.2, 0) is 4.74 Å². The van der Waals surface area contributed by atoms with Crippen molar-refractivity contribution in [3.05, 3.63) is 29.3 Å². The molecule has 1 aromatic carbocycles. The summed E-state index contributed by atoms with van der Waals surface area (Å²) in [7, 11) is 1.31. The molecule has 0 aliphatic carbocycles. The Kier molecular flexibility index (Phi) is 4.25. The van der Waals surface area contributed by atoms with E-state index in [0.29, 0.717) is 11.3 Å². The summed E-state index contributed by atoms with van der Waals surface area (Å²) in [6.45, 7) is 1.79. The SMILES string of the molecule is COC(=O)c1cc(N=C(N)N=C(N)N)ccc1C. The lowest BCUT2D eigenvalue weighted by molar-refractivity contribution is 0.0600. The molecular weight excluding hydrogens is 234 g/mol. The van der Waals surface area contributed by atoms with Gasteiger partial charge in [-0.25, -0.2) is 9.79 Å². The van der Waals surface area contributed by atoms with Crippen molar-refractivity contribution in [1.29, 1.82) is 0 Å². The van der Waals surface area contributed by atoms with Crippen LogP contribution in [0, 0.1) is 6.92 Å². The van der Waals surface area contributed by atoms with E-state index in [0.717, 1.165) is 5.56 Å². The van der Waals surface area contributed by atoms with E-state index in [-0.39, 0.29) is 11.9 Å². The fourth-order valence-corrected chi connectivity index (χ4v) is 1.30. The van der Waals surface area contributed by atoms with Gasteiger partial charge in [0.2, 0.25) is 5.96 Å². The molecule has 0 saturated heterocycles. The molecular formula is C11H15N5O2. The Labute approximate surface area is 104 Å². The molecule has 0 spiro atoms. The topological polar surface area (TPSA) is 129 Å². The van der Waals surface area contributed by atoms with Gasteiger partial charge in [-0.2, -0.15) is 4.99 Å². The van der Waals surface area contributed by atoms with Crippen LogP contribution in [0.25, 0.3) is 0 Å². The molecule has 0 aliphatic heterocycles. The zero-order chi connectivity index (χ0) is 13.7. The normalized spacial score (nSPS) is 10.9. The van der Waals surface area contributed by atoms with Crippen molar-refractivity contribution in [2.45, 2.75) is 6.92 Å². The number of guanidine groups is 2. The molecule has 18 heavy (non-hydrogen) atoms. The van der Waals surface area contributed by atoms with Crippen LogP contribution in [0.15, 0.2) is 28.2 Å². The first kappa shape index (κ1) is 13.5. The molecule has 6 N–H and O–H groups in total. The van der Waals surface area contributed by atoms with E-state index in [9.17, 15) is 4.79 Å². The quantitative estimate of drug-likeness (QED) is 0.386. The first-order valence-corrected chi connectivity index (χ1v) is 5.06. The number of ether oxygens (including phenoxy) is 1. The van der Waals surface area contributed by atoms with Crippen molar-refractivity contribution < 1.29 is 9.53 Å². The molecule has 0 amide bonds. The first-order chi connectivity index (χ1) is 8.43. The third-order valence-corrected chi connectivity index (χ3v) is 2.11. The molecule has 0 atom stereocenters. The Morgan fingerprint density at radius 2 is 1.94 bits per heavy atom. The van der Waals surface area contributed by atoms with E-state index >= 15 is 0 Å². The highest BCUT2D eigenvalue weighted by Gasteiger charge is 2.09. The van der Waals surface area contributed by atoms with E-state index in [1.807, 2.05) is 0 Å². The summed E-state index contributed by atoms with van der Waals surface area (Å²) in [5, 5.41) is 0. The number of carbonyl (C=O) groups is 1. The lowest BCUT2D eigenvalue weighted by Crippen LogP contribution is -2.26. The summed E-state index contributed by atoms with van der Waals surface area (Å²) in [6, 6.07) is 4.97. The van der Waals surface area contributed by atoms with Gasteiger partial charge in [0, 0.05) is 0 Å². The summed E-state index contributed by atoms with van der Waals surface area (Å²) in [5.74, 6) is -0.712. The van der Waals surface area contributed by atoms with Crippen LogP contribution >= 0.6 is 0 Å². The summed E-state index contributed by atoms with van der Waals surface area (Å²) in [6.07, 6.45) is 0. The van der Waals surface area contributed by atoms with Crippen LogP contribution in [0.1, 0.15) is 15.9 Å². The second-order valence-corrected chi connectivity index (χ2v) is 3.50. The molecule has 0 unspecified atom stereocenters. The number of aliphatic imine (C=N–C) groups is 2. The van der Waals surface area contributed by atoms with Crippen molar-refractivity contribution in [2.24, 2.45) is 27.2 Å². The van der Waals surface area contributed by atoms with Crippen molar-refractivity contribution in [1.82, 2.24) is 0 Å². The standard InChI is InChI=1S/C11H15N5O2/c1-6-3-4-7(5-8(6)9(17)18-2)15-11(14)16-10(12)13/h3-5H,1-2H3,(H6,12,13,14,15,16). The van der Waals surface area contributed by atoms with Crippen LogP contribution < -0.4 is 17.2 Å². The Balaban J connectivity index is 3.13. The highest BCUT2D eigenvalue weighted by atomic mass is 16.5. The van der Waals surface area contributed by atoms with Crippen LogP contribution in [-0.4, -0.2) is 25.0 Å². The van der Waals surface area contributed by atoms with Gasteiger partial charge < -0.3 is 21.9 Å². The van der Waals surface area contributed by atoms with Gasteiger partial charge in [0.1, 0.15) is 0 Å². The highest BCUT2D eigenvalue weighted by molar-refractivity contribution is 5.95. The van der Waals surface area contributed by atoms with Gasteiger partial charge in [0.15, 0.2) is 5.96 Å². The predicted molar refractivity (Wildman–Crippen MR) is 69.6 cm³/mol. The van der Waals surface area contributed by atoms with Gasteiger partial charge in [0.25, 0.3) is 0 Å². The van der Waals surface area contributed by atoms with Gasteiger partial charge in [-0.1, -0.05) is 6.07 Å². The molecule has 0 radical (unpaired) electrons. The fraction of sp³-hybridized carbons (Fsp3) is 0.182. The maximum absolute atomic E-state index is 11.5. The van der Waals surface area contributed by atoms with Crippen molar-refractivity contribution >= 4 is 23.6 Å². The van der Waals surface area contributed by atoms with Gasteiger partial charge in [-0.3, -0.25) is 0 Å². The number of nitrogens with zero attached hydrogens (tertiary/aromatic N) is 2. The van der Waals surface area contributed by atoms with E-state index in [1.54, 1.807) is 25.1 Å². The number of nitrogens with two attached hydrogens (primary N) is 3. The molecule has 0 aromatic heterocycles. The zero-order valence-electron chi connectivity index (χ0n) is 10.2. The minimum atomic E-state index is -0.440. The lowest BCUT2D eigenvalue weighted by atomic mass is 10.1. The fourth-order valence-electron chi connectivity index (χ4n) is 1.30. The smallest absolute Gasteiger partial charge is 0.338 e. The number of hydrogen-bond acceptors (Lipinski definition) is 3. The number of benzene rings is 1. The van der Waals surface area contributed by atoms with E-state index in [2.05, 4.69) is 14.7 Å². The number of hydrogen-bond donors (Lipinski definition) is 3. The van der Waals surface area contributed by atoms with Crippen LogP contribution in [0.4, 0.5) is 5.69 Å². The average molecular weight is 249 g/mol. The van der Waals surface area contributed by atoms with E-state index < -0.39 is 5.97 Å². The molecule has 0 fully saturated rings. The van der Waals surface area contributed by atoms with Crippen molar-refractivity contribution in [3.8, 4) is 0 Å². The van der Waals surface area contributed by atoms with Gasteiger partial charge in [-0.15, -0.1) is 0 Å². The van der Waals surface area contributed by atoms with Gasteiger partial charge >= 0.3 is 5.97 Å². The molecule has 0 aliphatic rings. The molecule has 1 rings (SSSR count). The van der Waals surface area contributed by atoms with Crippen molar-refractivity contribution in [2.75, 3.05) is 7.11 Å². The first-order valence-electron chi connectivity index (χ1n) is 5.06. The summed E-state index contributed by atoms with van der Waals surface area (Å²) < 4.78 is 4.66. The second kappa shape index (κ2) is 5.67.